The molecule has 0 radical (unpaired) electrons. The maximum absolute atomic E-state index is 10.4. The number of hydrogen-bond donors (Lipinski definition) is 1. The molecular formula is C30H38O7S. The fraction of sp³-hybridized carbons (Fsp3) is 0.367. The standard InChI is InChI=1S/C30H36O6S.H2O/c31-29(32)16-17-33-18-19-34-20-21-35-22-23-36-24-25-37-30(26-10-4-1-5-11-26,27-12-6-2-7-13-27)28-14-8-3-9-15-28;/h1-15H,16-25H2,(H,31,32);1H2. The first-order valence-electron chi connectivity index (χ1n) is 12.6. The molecule has 3 aromatic carbocycles. The highest BCUT2D eigenvalue weighted by molar-refractivity contribution is 8.00. The highest BCUT2D eigenvalue weighted by atomic mass is 32.2. The van der Waals surface area contributed by atoms with Gasteiger partial charge in [-0.1, -0.05) is 91.0 Å². The smallest absolute Gasteiger partial charge is 0.305 e. The van der Waals surface area contributed by atoms with Crippen molar-refractivity contribution in [3.05, 3.63) is 108 Å². The second-order valence-corrected chi connectivity index (χ2v) is 9.53. The van der Waals surface area contributed by atoms with E-state index in [0.717, 1.165) is 5.75 Å². The van der Waals surface area contributed by atoms with Crippen LogP contribution < -0.4 is 0 Å². The number of aliphatic carboxylic acids is 1. The molecule has 38 heavy (non-hydrogen) atoms. The zero-order valence-corrected chi connectivity index (χ0v) is 22.4. The van der Waals surface area contributed by atoms with Crippen molar-refractivity contribution in [1.82, 2.24) is 0 Å². The van der Waals surface area contributed by atoms with E-state index in [9.17, 15) is 4.79 Å². The van der Waals surface area contributed by atoms with E-state index in [1.165, 1.54) is 16.7 Å². The van der Waals surface area contributed by atoms with Gasteiger partial charge in [0.15, 0.2) is 0 Å². The lowest BCUT2D eigenvalue weighted by atomic mass is 9.84. The third-order valence-corrected chi connectivity index (χ3v) is 7.17. The van der Waals surface area contributed by atoms with Crippen LogP contribution in [0.2, 0.25) is 0 Å². The van der Waals surface area contributed by atoms with Crippen molar-refractivity contribution < 1.29 is 34.3 Å². The molecule has 0 bridgehead atoms. The summed E-state index contributed by atoms with van der Waals surface area (Å²) in [7, 11) is 0. The normalized spacial score (nSPS) is 11.2. The average molecular weight is 543 g/mol. The van der Waals surface area contributed by atoms with E-state index in [2.05, 4.69) is 91.0 Å². The van der Waals surface area contributed by atoms with E-state index < -0.39 is 5.97 Å². The molecule has 3 aromatic rings. The summed E-state index contributed by atoms with van der Waals surface area (Å²) in [5.41, 5.74) is 3.73. The predicted octanol–water partition coefficient (Wildman–Crippen LogP) is 4.43. The molecule has 0 aromatic heterocycles. The van der Waals surface area contributed by atoms with E-state index in [1.54, 1.807) is 0 Å². The van der Waals surface area contributed by atoms with Gasteiger partial charge < -0.3 is 29.5 Å². The Bertz CT molecular complexity index is 906. The molecule has 0 saturated carbocycles. The molecule has 0 saturated heterocycles. The molecule has 0 aliphatic carbocycles. The van der Waals surface area contributed by atoms with Crippen LogP contribution in [0.15, 0.2) is 91.0 Å². The van der Waals surface area contributed by atoms with Gasteiger partial charge in [-0.2, -0.15) is 0 Å². The number of carbonyl (C=O) groups is 1. The minimum atomic E-state index is -0.863. The molecule has 0 aliphatic rings. The molecule has 3 N–H and O–H groups in total. The van der Waals surface area contributed by atoms with Gasteiger partial charge in [0, 0.05) is 5.75 Å². The first-order chi connectivity index (χ1) is 18.2. The molecule has 0 spiro atoms. The van der Waals surface area contributed by atoms with Gasteiger partial charge in [0.25, 0.3) is 0 Å². The van der Waals surface area contributed by atoms with Crippen LogP contribution in [0.1, 0.15) is 23.1 Å². The zero-order valence-electron chi connectivity index (χ0n) is 21.6. The van der Waals surface area contributed by atoms with Gasteiger partial charge in [0.2, 0.25) is 0 Å². The summed E-state index contributed by atoms with van der Waals surface area (Å²) >= 11 is 1.88. The summed E-state index contributed by atoms with van der Waals surface area (Å²) in [4.78, 5) is 10.4. The molecule has 0 aliphatic heterocycles. The summed E-state index contributed by atoms with van der Waals surface area (Å²) in [6.45, 7) is 3.59. The van der Waals surface area contributed by atoms with E-state index >= 15 is 0 Å². The van der Waals surface area contributed by atoms with E-state index in [-0.39, 0.29) is 23.3 Å². The monoisotopic (exact) mass is 542 g/mol. The topological polar surface area (TPSA) is 106 Å². The Morgan fingerprint density at radius 2 is 0.921 bits per heavy atom. The largest absolute Gasteiger partial charge is 0.481 e. The molecule has 0 heterocycles. The van der Waals surface area contributed by atoms with E-state index in [4.69, 9.17) is 24.1 Å². The second kappa shape index (κ2) is 18.5. The lowest BCUT2D eigenvalue weighted by Gasteiger charge is -2.35. The van der Waals surface area contributed by atoms with Crippen molar-refractivity contribution in [3.8, 4) is 0 Å². The van der Waals surface area contributed by atoms with Gasteiger partial charge in [-0.15, -0.1) is 11.8 Å². The lowest BCUT2D eigenvalue weighted by Crippen LogP contribution is -2.26. The first kappa shape index (κ1) is 31.5. The van der Waals surface area contributed by atoms with Gasteiger partial charge in [-0.25, -0.2) is 0 Å². The number of hydrogen-bond acceptors (Lipinski definition) is 6. The van der Waals surface area contributed by atoms with E-state index in [0.29, 0.717) is 46.2 Å². The van der Waals surface area contributed by atoms with Crippen LogP contribution in [0, 0.1) is 0 Å². The SMILES string of the molecule is O.O=C(O)CCOCCOCCOCCOCCSC(c1ccccc1)(c1ccccc1)c1ccccc1. The zero-order chi connectivity index (χ0) is 26.0. The summed E-state index contributed by atoms with van der Waals surface area (Å²) in [5.74, 6) is -0.0398. The average Bonchev–Trinajstić information content (AvgIpc) is 2.94. The van der Waals surface area contributed by atoms with Gasteiger partial charge in [0.05, 0.1) is 64.0 Å². The maximum Gasteiger partial charge on any atom is 0.305 e. The summed E-state index contributed by atoms with van der Waals surface area (Å²) in [5, 5.41) is 8.54. The number of carboxylic acids is 1. The molecule has 0 atom stereocenters. The van der Waals surface area contributed by atoms with Gasteiger partial charge >= 0.3 is 5.97 Å². The van der Waals surface area contributed by atoms with Gasteiger partial charge in [-0.05, 0) is 16.7 Å². The molecule has 3 rings (SSSR count). The van der Waals surface area contributed by atoms with Crippen molar-refractivity contribution in [2.24, 2.45) is 0 Å². The number of ether oxygens (including phenoxy) is 4. The Hall–Kier alpha value is -2.72. The number of rotatable bonds is 19. The molecule has 0 unspecified atom stereocenters. The summed E-state index contributed by atoms with van der Waals surface area (Å²) in [6, 6.07) is 32.0. The molecule has 7 nitrogen and oxygen atoms in total. The predicted molar refractivity (Wildman–Crippen MR) is 151 cm³/mol. The van der Waals surface area contributed by atoms with Crippen LogP contribution in [-0.4, -0.2) is 75.2 Å². The highest BCUT2D eigenvalue weighted by Gasteiger charge is 2.36. The number of carboxylic acid groups (broad SMARTS) is 1. The van der Waals surface area contributed by atoms with Crippen molar-refractivity contribution in [2.75, 3.05) is 58.6 Å². The maximum atomic E-state index is 10.4. The Morgan fingerprint density at radius 3 is 1.29 bits per heavy atom. The second-order valence-electron chi connectivity index (χ2n) is 8.22. The van der Waals surface area contributed by atoms with Crippen molar-refractivity contribution in [1.29, 1.82) is 0 Å². The van der Waals surface area contributed by atoms with Crippen LogP contribution in [0.4, 0.5) is 0 Å². The quantitative estimate of drug-likeness (QED) is 0.176. The van der Waals surface area contributed by atoms with Crippen LogP contribution in [-0.2, 0) is 28.5 Å². The van der Waals surface area contributed by atoms with Crippen molar-refractivity contribution in [2.45, 2.75) is 11.2 Å². The number of thioether (sulfide) groups is 1. The van der Waals surface area contributed by atoms with Gasteiger partial charge in [0.1, 0.15) is 0 Å². The molecule has 0 amide bonds. The lowest BCUT2D eigenvalue weighted by molar-refractivity contribution is -0.138. The third kappa shape index (κ3) is 10.2. The Morgan fingerprint density at radius 1 is 0.579 bits per heavy atom. The Labute approximate surface area is 229 Å². The minimum absolute atomic E-state index is 0. The van der Waals surface area contributed by atoms with Crippen molar-refractivity contribution >= 4 is 17.7 Å². The fourth-order valence-electron chi connectivity index (χ4n) is 3.94. The van der Waals surface area contributed by atoms with Crippen LogP contribution in [0.25, 0.3) is 0 Å². The Balaban J connectivity index is 0.00000507. The fourth-order valence-corrected chi connectivity index (χ4v) is 5.36. The Kier molecular flexibility index (Phi) is 15.3. The highest BCUT2D eigenvalue weighted by Crippen LogP contribution is 2.48. The first-order valence-corrected chi connectivity index (χ1v) is 13.6. The molecule has 0 fully saturated rings. The summed E-state index contributed by atoms with van der Waals surface area (Å²) < 4.78 is 21.7. The minimum Gasteiger partial charge on any atom is -0.481 e. The van der Waals surface area contributed by atoms with Crippen LogP contribution in [0.5, 0.6) is 0 Å². The van der Waals surface area contributed by atoms with Gasteiger partial charge in [-0.3, -0.25) is 4.79 Å². The molecule has 206 valence electrons. The van der Waals surface area contributed by atoms with E-state index in [1.807, 2.05) is 11.8 Å². The van der Waals surface area contributed by atoms with Crippen molar-refractivity contribution in [3.63, 3.8) is 0 Å². The summed E-state index contributed by atoms with van der Waals surface area (Å²) in [6.07, 6.45) is 0.00731. The third-order valence-electron chi connectivity index (χ3n) is 5.66. The number of benzene rings is 3. The van der Waals surface area contributed by atoms with Crippen LogP contribution in [0.3, 0.4) is 0 Å². The molecule has 8 heteroatoms. The van der Waals surface area contributed by atoms with Crippen LogP contribution >= 0.6 is 11.8 Å². The molecular weight excluding hydrogens is 504 g/mol.